The Labute approximate surface area is 99.9 Å². The van der Waals surface area contributed by atoms with Crippen molar-refractivity contribution >= 4 is 23.3 Å². The number of fused-ring (bicyclic) bond motifs is 1. The highest BCUT2D eigenvalue weighted by Crippen LogP contribution is 2.20. The summed E-state index contributed by atoms with van der Waals surface area (Å²) < 4.78 is 0. The number of aromatic nitrogens is 3. The predicted molar refractivity (Wildman–Crippen MR) is 69.5 cm³/mol. The van der Waals surface area contributed by atoms with Crippen LogP contribution in [0.1, 0.15) is 19.7 Å². The summed E-state index contributed by atoms with van der Waals surface area (Å²) in [6.45, 7) is 7.49. The fourth-order valence-corrected chi connectivity index (χ4v) is 1.55. The van der Waals surface area contributed by atoms with E-state index in [0.717, 1.165) is 28.1 Å². The summed E-state index contributed by atoms with van der Waals surface area (Å²) in [6.07, 6.45) is 3.50. The quantitative estimate of drug-likeness (QED) is 0.648. The van der Waals surface area contributed by atoms with Gasteiger partial charge in [0.2, 0.25) is 0 Å². The van der Waals surface area contributed by atoms with Crippen LogP contribution in [0.5, 0.6) is 0 Å². The molecule has 17 heavy (non-hydrogen) atoms. The van der Waals surface area contributed by atoms with Gasteiger partial charge in [0.15, 0.2) is 0 Å². The first-order chi connectivity index (χ1) is 8.13. The fourth-order valence-electron chi connectivity index (χ4n) is 1.55. The molecule has 0 amide bonds. The maximum absolute atomic E-state index is 4.51. The summed E-state index contributed by atoms with van der Waals surface area (Å²) in [5, 5.41) is 5.58. The highest BCUT2D eigenvalue weighted by atomic mass is 15.4. The third-order valence-electron chi connectivity index (χ3n) is 2.88. The summed E-state index contributed by atoms with van der Waals surface area (Å²) in [5.41, 5.74) is 3.89. The molecule has 0 saturated heterocycles. The van der Waals surface area contributed by atoms with Gasteiger partial charge in [-0.2, -0.15) is 5.10 Å². The van der Waals surface area contributed by atoms with Crippen LogP contribution in [0.15, 0.2) is 29.3 Å². The maximum Gasteiger partial charge on any atom is 0.135 e. The van der Waals surface area contributed by atoms with Gasteiger partial charge < -0.3 is 4.98 Å². The van der Waals surface area contributed by atoms with Crippen LogP contribution in [0.2, 0.25) is 0 Å². The van der Waals surface area contributed by atoms with Gasteiger partial charge in [-0.25, -0.2) is 4.98 Å². The molecule has 0 atom stereocenters. The van der Waals surface area contributed by atoms with E-state index in [1.807, 2.05) is 27.0 Å². The van der Waals surface area contributed by atoms with Gasteiger partial charge in [-0.1, -0.05) is 0 Å². The first kappa shape index (κ1) is 11.3. The van der Waals surface area contributed by atoms with Crippen molar-refractivity contribution in [1.29, 1.82) is 0 Å². The standard InChI is InChI=1S/C12H15N5/c1-8(9(2)17(4)13-3)12-15-10-5-6-14-7-11(10)16-12/h5-7H,3H2,1-2,4H3,(H,15,16)/b9-8+. The zero-order valence-corrected chi connectivity index (χ0v) is 10.2. The average molecular weight is 229 g/mol. The summed E-state index contributed by atoms with van der Waals surface area (Å²) in [4.78, 5) is 11.8. The third-order valence-corrected chi connectivity index (χ3v) is 2.88. The van der Waals surface area contributed by atoms with Crippen LogP contribution >= 0.6 is 0 Å². The minimum absolute atomic E-state index is 0.834. The molecule has 2 aromatic heterocycles. The van der Waals surface area contributed by atoms with E-state index in [0.29, 0.717) is 0 Å². The summed E-state index contributed by atoms with van der Waals surface area (Å²) in [7, 11) is 1.86. The van der Waals surface area contributed by atoms with Gasteiger partial charge in [0.05, 0.1) is 17.2 Å². The number of pyridine rings is 1. The number of nitrogens with one attached hydrogen (secondary N) is 1. The highest BCUT2D eigenvalue weighted by Gasteiger charge is 2.08. The van der Waals surface area contributed by atoms with Crippen LogP contribution < -0.4 is 0 Å². The van der Waals surface area contributed by atoms with E-state index in [4.69, 9.17) is 0 Å². The van der Waals surface area contributed by atoms with E-state index < -0.39 is 0 Å². The van der Waals surface area contributed by atoms with Gasteiger partial charge >= 0.3 is 0 Å². The predicted octanol–water partition coefficient (Wildman–Crippen LogP) is 2.26. The largest absolute Gasteiger partial charge is 0.337 e. The number of imidazole rings is 1. The van der Waals surface area contributed by atoms with E-state index in [2.05, 4.69) is 26.8 Å². The average Bonchev–Trinajstić information content (AvgIpc) is 2.79. The van der Waals surface area contributed by atoms with E-state index >= 15 is 0 Å². The minimum atomic E-state index is 0.834. The Kier molecular flexibility index (Phi) is 2.91. The molecule has 0 saturated carbocycles. The Bertz CT molecular complexity index is 548. The van der Waals surface area contributed by atoms with Crippen molar-refractivity contribution in [2.45, 2.75) is 13.8 Å². The maximum atomic E-state index is 4.51. The lowest BCUT2D eigenvalue weighted by Gasteiger charge is -2.14. The van der Waals surface area contributed by atoms with Crippen LogP contribution in [0.3, 0.4) is 0 Å². The van der Waals surface area contributed by atoms with Crippen LogP contribution in [0, 0.1) is 0 Å². The lowest BCUT2D eigenvalue weighted by atomic mass is 10.2. The number of hydrazone groups is 1. The molecule has 0 fully saturated rings. The molecule has 0 aliphatic heterocycles. The molecule has 0 aliphatic carbocycles. The number of aromatic amines is 1. The minimum Gasteiger partial charge on any atom is -0.337 e. The van der Waals surface area contributed by atoms with E-state index in [9.17, 15) is 0 Å². The van der Waals surface area contributed by atoms with Crippen LogP contribution in [-0.4, -0.2) is 33.7 Å². The highest BCUT2D eigenvalue weighted by molar-refractivity contribution is 5.77. The molecule has 2 heterocycles. The monoisotopic (exact) mass is 229 g/mol. The summed E-state index contributed by atoms with van der Waals surface area (Å²) >= 11 is 0. The molecule has 1 N–H and O–H groups in total. The number of nitrogens with zero attached hydrogens (tertiary/aromatic N) is 4. The number of allylic oxidation sites excluding steroid dienone is 2. The zero-order chi connectivity index (χ0) is 12.4. The van der Waals surface area contributed by atoms with Crippen LogP contribution in [0.4, 0.5) is 0 Å². The first-order valence-electron chi connectivity index (χ1n) is 5.31. The van der Waals surface area contributed by atoms with Gasteiger partial charge in [-0.3, -0.25) is 9.99 Å². The van der Waals surface area contributed by atoms with Gasteiger partial charge in [0.25, 0.3) is 0 Å². The zero-order valence-electron chi connectivity index (χ0n) is 10.2. The van der Waals surface area contributed by atoms with Gasteiger partial charge in [-0.05, 0) is 19.9 Å². The topological polar surface area (TPSA) is 57.2 Å². The van der Waals surface area contributed by atoms with E-state index in [1.54, 1.807) is 17.4 Å². The van der Waals surface area contributed by atoms with Gasteiger partial charge in [0.1, 0.15) is 5.82 Å². The van der Waals surface area contributed by atoms with Gasteiger partial charge in [0, 0.05) is 31.2 Å². The summed E-state index contributed by atoms with van der Waals surface area (Å²) in [5.74, 6) is 0.834. The SMILES string of the molecule is C=NN(C)/C(C)=C(\C)c1nc2ccncc2[nH]1. The molecule has 2 rings (SSSR count). The molecule has 0 radical (unpaired) electrons. The normalized spacial score (nSPS) is 12.4. The Balaban J connectivity index is 2.49. The second-order valence-electron chi connectivity index (χ2n) is 3.85. The smallest absolute Gasteiger partial charge is 0.135 e. The molecule has 0 aliphatic rings. The molecular formula is C12H15N5. The van der Waals surface area contributed by atoms with Crippen LogP contribution in [0.25, 0.3) is 16.6 Å². The molecule has 88 valence electrons. The second kappa shape index (κ2) is 4.37. The molecule has 2 aromatic rings. The number of rotatable bonds is 3. The van der Waals surface area contributed by atoms with Crippen molar-refractivity contribution in [3.63, 3.8) is 0 Å². The van der Waals surface area contributed by atoms with Crippen molar-refractivity contribution in [3.05, 3.63) is 30.0 Å². The number of H-pyrrole nitrogens is 1. The lowest BCUT2D eigenvalue weighted by Crippen LogP contribution is -2.08. The molecule has 5 heteroatoms. The number of hydrogen-bond donors (Lipinski definition) is 1. The Morgan fingerprint density at radius 1 is 1.47 bits per heavy atom. The molecule has 0 spiro atoms. The van der Waals surface area contributed by atoms with E-state index in [-0.39, 0.29) is 0 Å². The molecule has 0 bridgehead atoms. The van der Waals surface area contributed by atoms with Crippen molar-refractivity contribution < 1.29 is 0 Å². The van der Waals surface area contributed by atoms with E-state index in [1.165, 1.54) is 0 Å². The molecule has 0 aromatic carbocycles. The van der Waals surface area contributed by atoms with Gasteiger partial charge in [-0.15, -0.1) is 0 Å². The van der Waals surface area contributed by atoms with Crippen molar-refractivity contribution in [2.75, 3.05) is 7.05 Å². The van der Waals surface area contributed by atoms with Crippen molar-refractivity contribution in [1.82, 2.24) is 20.0 Å². The Morgan fingerprint density at radius 3 is 2.88 bits per heavy atom. The third kappa shape index (κ3) is 2.04. The second-order valence-corrected chi connectivity index (χ2v) is 3.85. The molecule has 5 nitrogen and oxygen atoms in total. The Hall–Kier alpha value is -2.17. The fraction of sp³-hybridized carbons (Fsp3) is 0.250. The van der Waals surface area contributed by atoms with Crippen LogP contribution in [-0.2, 0) is 0 Å². The summed E-state index contributed by atoms with van der Waals surface area (Å²) in [6, 6.07) is 1.88. The van der Waals surface area contributed by atoms with Crippen molar-refractivity contribution in [3.8, 4) is 0 Å². The first-order valence-corrected chi connectivity index (χ1v) is 5.31. The molecule has 0 unspecified atom stereocenters. The lowest BCUT2D eigenvalue weighted by molar-refractivity contribution is 0.453. The molecular weight excluding hydrogens is 214 g/mol. The Morgan fingerprint density at radius 2 is 2.24 bits per heavy atom. The van der Waals surface area contributed by atoms with Crippen molar-refractivity contribution in [2.24, 2.45) is 5.10 Å². The number of hydrogen-bond acceptors (Lipinski definition) is 4.